The van der Waals surface area contributed by atoms with Crippen LogP contribution in [0, 0.1) is 18.7 Å². The quantitative estimate of drug-likeness (QED) is 0.793. The lowest BCUT2D eigenvalue weighted by atomic mass is 10.1. The SMILES string of the molecule is Cc1cc(-c2ccc(F)cc2)n2cnc(C(=O)N[C@@H](C)C3CC3)c2n1. The van der Waals surface area contributed by atoms with Gasteiger partial charge in [-0.1, -0.05) is 0 Å². The van der Waals surface area contributed by atoms with Gasteiger partial charge >= 0.3 is 0 Å². The molecule has 1 saturated carbocycles. The molecule has 1 fully saturated rings. The number of rotatable bonds is 4. The molecule has 1 atom stereocenters. The number of nitrogens with zero attached hydrogens (tertiary/aromatic N) is 3. The number of aryl methyl sites for hydroxylation is 1. The average Bonchev–Trinajstić information content (AvgIpc) is 3.35. The van der Waals surface area contributed by atoms with Crippen LogP contribution in [0.2, 0.25) is 0 Å². The van der Waals surface area contributed by atoms with E-state index in [9.17, 15) is 9.18 Å². The summed E-state index contributed by atoms with van der Waals surface area (Å²) in [5.74, 6) is 0.0814. The Morgan fingerprint density at radius 2 is 2.04 bits per heavy atom. The molecule has 0 radical (unpaired) electrons. The van der Waals surface area contributed by atoms with Gasteiger partial charge in [-0.2, -0.15) is 0 Å². The number of halogens is 1. The van der Waals surface area contributed by atoms with Crippen molar-refractivity contribution < 1.29 is 9.18 Å². The first kappa shape index (κ1) is 15.7. The number of aromatic nitrogens is 3. The van der Waals surface area contributed by atoms with Crippen LogP contribution in [0.5, 0.6) is 0 Å². The molecule has 1 amide bonds. The molecular weight excluding hydrogens is 319 g/mol. The van der Waals surface area contributed by atoms with Crippen molar-refractivity contribution in [2.75, 3.05) is 0 Å². The number of imidazole rings is 1. The topological polar surface area (TPSA) is 59.3 Å². The van der Waals surface area contributed by atoms with Crippen molar-refractivity contribution >= 4 is 11.6 Å². The monoisotopic (exact) mass is 338 g/mol. The number of carbonyl (C=O) groups is 1. The van der Waals surface area contributed by atoms with E-state index >= 15 is 0 Å². The summed E-state index contributed by atoms with van der Waals surface area (Å²) in [6.07, 6.45) is 3.92. The predicted octanol–water partition coefficient (Wildman–Crippen LogP) is 3.37. The zero-order chi connectivity index (χ0) is 17.6. The van der Waals surface area contributed by atoms with Gasteiger partial charge in [0.2, 0.25) is 0 Å². The van der Waals surface area contributed by atoms with E-state index in [4.69, 9.17) is 0 Å². The molecule has 25 heavy (non-hydrogen) atoms. The molecule has 1 aliphatic carbocycles. The van der Waals surface area contributed by atoms with Crippen LogP contribution >= 0.6 is 0 Å². The van der Waals surface area contributed by atoms with Gasteiger partial charge in [0.05, 0.1) is 5.69 Å². The van der Waals surface area contributed by atoms with Crippen molar-refractivity contribution in [1.82, 2.24) is 19.7 Å². The molecule has 0 aliphatic heterocycles. The van der Waals surface area contributed by atoms with Gasteiger partial charge in [0.1, 0.15) is 12.1 Å². The standard InChI is InChI=1S/C19H19FN4O/c1-11-9-16(14-5-7-15(20)8-6-14)24-10-21-17(18(24)22-11)19(25)23-12(2)13-3-4-13/h5-10,12-13H,3-4H2,1-2H3,(H,23,25)/t12-/m0/s1. The Morgan fingerprint density at radius 1 is 1.32 bits per heavy atom. The summed E-state index contributed by atoms with van der Waals surface area (Å²) >= 11 is 0. The van der Waals surface area contributed by atoms with Crippen molar-refractivity contribution in [2.24, 2.45) is 5.92 Å². The fourth-order valence-corrected chi connectivity index (χ4v) is 3.08. The Bertz CT molecular complexity index is 944. The Labute approximate surface area is 144 Å². The van der Waals surface area contributed by atoms with Gasteiger partial charge in [-0.25, -0.2) is 14.4 Å². The largest absolute Gasteiger partial charge is 0.348 e. The molecule has 5 nitrogen and oxygen atoms in total. The zero-order valence-corrected chi connectivity index (χ0v) is 14.2. The lowest BCUT2D eigenvalue weighted by Crippen LogP contribution is -2.34. The van der Waals surface area contributed by atoms with Crippen LogP contribution in [-0.4, -0.2) is 26.3 Å². The predicted molar refractivity (Wildman–Crippen MR) is 92.8 cm³/mol. The smallest absolute Gasteiger partial charge is 0.274 e. The second-order valence-electron chi connectivity index (χ2n) is 6.68. The summed E-state index contributed by atoms with van der Waals surface area (Å²) in [4.78, 5) is 21.4. The maximum atomic E-state index is 13.2. The molecule has 6 heteroatoms. The van der Waals surface area contributed by atoms with Gasteiger partial charge in [-0.05, 0) is 68.5 Å². The number of carbonyl (C=O) groups excluding carboxylic acids is 1. The molecule has 2 heterocycles. The lowest BCUT2D eigenvalue weighted by Gasteiger charge is -2.12. The second-order valence-corrected chi connectivity index (χ2v) is 6.68. The van der Waals surface area contributed by atoms with E-state index in [1.165, 1.54) is 12.1 Å². The minimum absolute atomic E-state index is 0.144. The van der Waals surface area contributed by atoms with E-state index in [0.717, 1.165) is 29.8 Å². The van der Waals surface area contributed by atoms with Gasteiger partial charge < -0.3 is 5.32 Å². The van der Waals surface area contributed by atoms with Crippen LogP contribution in [0.25, 0.3) is 16.9 Å². The first-order chi connectivity index (χ1) is 12.0. The van der Waals surface area contributed by atoms with E-state index in [1.54, 1.807) is 22.9 Å². The van der Waals surface area contributed by atoms with Crippen LogP contribution in [0.3, 0.4) is 0 Å². The van der Waals surface area contributed by atoms with Gasteiger partial charge in [-0.15, -0.1) is 0 Å². The van der Waals surface area contributed by atoms with E-state index in [-0.39, 0.29) is 17.8 Å². The zero-order valence-electron chi connectivity index (χ0n) is 14.2. The molecule has 0 spiro atoms. The molecule has 0 saturated heterocycles. The van der Waals surface area contributed by atoms with Crippen LogP contribution in [0.1, 0.15) is 35.9 Å². The number of benzene rings is 1. The number of hydrogen-bond donors (Lipinski definition) is 1. The van der Waals surface area contributed by atoms with Gasteiger partial charge in [0, 0.05) is 11.7 Å². The van der Waals surface area contributed by atoms with Crippen molar-refractivity contribution in [3.63, 3.8) is 0 Å². The normalized spacial score (nSPS) is 15.3. The number of nitrogens with one attached hydrogen (secondary N) is 1. The van der Waals surface area contributed by atoms with E-state index in [1.807, 2.05) is 19.9 Å². The summed E-state index contributed by atoms with van der Waals surface area (Å²) in [5, 5.41) is 3.02. The molecule has 1 aromatic carbocycles. The second kappa shape index (κ2) is 5.95. The fourth-order valence-electron chi connectivity index (χ4n) is 3.08. The highest BCUT2D eigenvalue weighted by molar-refractivity contribution is 5.98. The van der Waals surface area contributed by atoms with Crippen molar-refractivity contribution in [3.8, 4) is 11.3 Å². The molecule has 2 aromatic heterocycles. The number of fused-ring (bicyclic) bond motifs is 1. The lowest BCUT2D eigenvalue weighted by molar-refractivity contribution is 0.0933. The van der Waals surface area contributed by atoms with Gasteiger partial charge in [-0.3, -0.25) is 9.20 Å². The molecule has 0 bridgehead atoms. The molecule has 0 unspecified atom stereocenters. The first-order valence-corrected chi connectivity index (χ1v) is 8.44. The molecule has 1 aliphatic rings. The highest BCUT2D eigenvalue weighted by Crippen LogP contribution is 2.32. The summed E-state index contributed by atoms with van der Waals surface area (Å²) < 4.78 is 15.0. The Kier molecular flexibility index (Phi) is 3.75. The molecule has 1 N–H and O–H groups in total. The minimum atomic E-state index is -0.287. The highest BCUT2D eigenvalue weighted by Gasteiger charge is 2.30. The number of hydrogen-bond acceptors (Lipinski definition) is 3. The Balaban J connectivity index is 1.75. The average molecular weight is 338 g/mol. The van der Waals surface area contributed by atoms with Crippen molar-refractivity contribution in [1.29, 1.82) is 0 Å². The summed E-state index contributed by atoms with van der Waals surface area (Å²) in [5.41, 5.74) is 3.27. The van der Waals surface area contributed by atoms with Gasteiger partial charge in [0.25, 0.3) is 5.91 Å². The fraction of sp³-hybridized carbons (Fsp3) is 0.316. The van der Waals surface area contributed by atoms with Crippen LogP contribution in [-0.2, 0) is 0 Å². The highest BCUT2D eigenvalue weighted by atomic mass is 19.1. The van der Waals surface area contributed by atoms with Crippen LogP contribution < -0.4 is 5.32 Å². The van der Waals surface area contributed by atoms with Crippen LogP contribution in [0.15, 0.2) is 36.7 Å². The van der Waals surface area contributed by atoms with Crippen molar-refractivity contribution in [3.05, 3.63) is 53.9 Å². The molecular formula is C19H19FN4O. The summed E-state index contributed by atoms with van der Waals surface area (Å²) in [6.45, 7) is 3.89. The maximum absolute atomic E-state index is 13.2. The van der Waals surface area contributed by atoms with Crippen molar-refractivity contribution in [2.45, 2.75) is 32.7 Å². The maximum Gasteiger partial charge on any atom is 0.274 e. The third-order valence-electron chi connectivity index (χ3n) is 4.67. The van der Waals surface area contributed by atoms with E-state index in [2.05, 4.69) is 15.3 Å². The minimum Gasteiger partial charge on any atom is -0.348 e. The Hall–Kier alpha value is -2.76. The number of amides is 1. The summed E-state index contributed by atoms with van der Waals surface area (Å²) in [6, 6.07) is 8.29. The Morgan fingerprint density at radius 3 is 2.72 bits per heavy atom. The molecule has 128 valence electrons. The summed E-state index contributed by atoms with van der Waals surface area (Å²) in [7, 11) is 0. The third kappa shape index (κ3) is 2.99. The third-order valence-corrected chi connectivity index (χ3v) is 4.67. The van der Waals surface area contributed by atoms with Gasteiger partial charge in [0.15, 0.2) is 11.3 Å². The van der Waals surface area contributed by atoms with E-state index < -0.39 is 0 Å². The first-order valence-electron chi connectivity index (χ1n) is 8.44. The molecule has 3 aromatic rings. The van der Waals surface area contributed by atoms with Crippen LogP contribution in [0.4, 0.5) is 4.39 Å². The van der Waals surface area contributed by atoms with E-state index in [0.29, 0.717) is 17.3 Å². The molecule has 4 rings (SSSR count).